The fraction of sp³-hybridized carbons (Fsp3) is 0.400. The summed E-state index contributed by atoms with van der Waals surface area (Å²) in [5.74, 6) is -0.0897. The minimum Gasteiger partial charge on any atom is -0.382 e. The summed E-state index contributed by atoms with van der Waals surface area (Å²) in [5, 5.41) is 23.5. The summed E-state index contributed by atoms with van der Waals surface area (Å²) in [6.07, 6.45) is 2.21. The van der Waals surface area contributed by atoms with Crippen LogP contribution in [0.15, 0.2) is 30.5 Å². The van der Waals surface area contributed by atoms with E-state index >= 15 is 0 Å². The van der Waals surface area contributed by atoms with E-state index < -0.39 is 5.60 Å². The zero-order valence-corrected chi connectivity index (χ0v) is 12.4. The maximum Gasteiger partial charge on any atom is 0.251 e. The molecule has 116 valence electrons. The van der Waals surface area contributed by atoms with Crippen molar-refractivity contribution in [3.63, 3.8) is 0 Å². The third kappa shape index (κ3) is 2.86. The standard InChI is InChI=1S/C15H19N5O2/c1-16-14(21)12-4-2-11(3-5-12)9-20-7-6-15(22,10-20)13-8-17-19-18-13/h2-5,8,22H,6-7,9-10H2,1H3,(H,16,21)(H,17,18,19)/t15-/m0/s1. The normalized spacial score (nSPS) is 21.9. The van der Waals surface area contributed by atoms with Crippen LogP contribution in [0.2, 0.25) is 0 Å². The van der Waals surface area contributed by atoms with Gasteiger partial charge < -0.3 is 10.4 Å². The number of hydrogen-bond donors (Lipinski definition) is 3. The Labute approximate surface area is 128 Å². The molecule has 1 aliphatic rings. The Kier molecular flexibility index (Phi) is 3.91. The van der Waals surface area contributed by atoms with Crippen molar-refractivity contribution in [2.75, 3.05) is 20.1 Å². The number of β-amino-alcohol motifs (C(OH)–C–C–N with tert-alkyl or cyclic N) is 1. The lowest BCUT2D eigenvalue weighted by molar-refractivity contribution is 0.0409. The van der Waals surface area contributed by atoms with Crippen molar-refractivity contribution in [2.45, 2.75) is 18.6 Å². The van der Waals surface area contributed by atoms with Crippen LogP contribution in [0, 0.1) is 0 Å². The predicted octanol–water partition coefficient (Wildman–Crippen LogP) is 0.258. The van der Waals surface area contributed by atoms with Gasteiger partial charge in [0.1, 0.15) is 11.3 Å². The number of aliphatic hydroxyl groups is 1. The second kappa shape index (κ2) is 5.86. The number of likely N-dealkylation sites (tertiary alicyclic amines) is 1. The number of rotatable bonds is 4. The number of nitrogens with zero attached hydrogens (tertiary/aromatic N) is 3. The second-order valence-electron chi connectivity index (χ2n) is 5.62. The van der Waals surface area contributed by atoms with E-state index in [-0.39, 0.29) is 5.91 Å². The molecule has 1 aromatic carbocycles. The van der Waals surface area contributed by atoms with E-state index in [0.29, 0.717) is 24.2 Å². The maximum atomic E-state index is 11.5. The highest BCUT2D eigenvalue weighted by atomic mass is 16.3. The van der Waals surface area contributed by atoms with Crippen molar-refractivity contribution in [3.8, 4) is 0 Å². The Morgan fingerprint density at radius 1 is 1.45 bits per heavy atom. The SMILES string of the molecule is CNC(=O)c1ccc(CN2CC[C@@](O)(c3cn[nH]n3)C2)cc1. The Hall–Kier alpha value is -2.25. The Morgan fingerprint density at radius 2 is 2.23 bits per heavy atom. The molecule has 1 aromatic heterocycles. The van der Waals surface area contributed by atoms with Crippen LogP contribution in [0.3, 0.4) is 0 Å². The minimum atomic E-state index is -0.935. The van der Waals surface area contributed by atoms with Gasteiger partial charge in [-0.3, -0.25) is 9.69 Å². The number of benzene rings is 1. The number of carbonyl (C=O) groups is 1. The highest BCUT2D eigenvalue weighted by molar-refractivity contribution is 5.93. The molecule has 1 saturated heterocycles. The molecular weight excluding hydrogens is 282 g/mol. The summed E-state index contributed by atoms with van der Waals surface area (Å²) in [6.45, 7) is 2.05. The summed E-state index contributed by atoms with van der Waals surface area (Å²) in [4.78, 5) is 13.7. The van der Waals surface area contributed by atoms with Crippen LogP contribution in [0.25, 0.3) is 0 Å². The number of amides is 1. The molecule has 0 unspecified atom stereocenters. The Bertz CT molecular complexity index is 640. The van der Waals surface area contributed by atoms with Gasteiger partial charge in [-0.2, -0.15) is 15.4 Å². The molecular formula is C15H19N5O2. The van der Waals surface area contributed by atoms with Crippen LogP contribution in [0.4, 0.5) is 0 Å². The van der Waals surface area contributed by atoms with Crippen LogP contribution >= 0.6 is 0 Å². The van der Waals surface area contributed by atoms with Crippen LogP contribution in [-0.4, -0.2) is 51.5 Å². The summed E-state index contributed by atoms with van der Waals surface area (Å²) < 4.78 is 0. The molecule has 0 saturated carbocycles. The molecule has 7 heteroatoms. The van der Waals surface area contributed by atoms with Crippen molar-refractivity contribution >= 4 is 5.91 Å². The molecule has 0 spiro atoms. The summed E-state index contributed by atoms with van der Waals surface area (Å²) in [7, 11) is 1.62. The van der Waals surface area contributed by atoms with Crippen molar-refractivity contribution < 1.29 is 9.90 Å². The summed E-state index contributed by atoms with van der Waals surface area (Å²) in [5.41, 5.74) is 1.41. The van der Waals surface area contributed by atoms with E-state index in [9.17, 15) is 9.90 Å². The number of aromatic nitrogens is 3. The Morgan fingerprint density at radius 3 is 2.86 bits per heavy atom. The van der Waals surface area contributed by atoms with Crippen molar-refractivity contribution in [3.05, 3.63) is 47.3 Å². The third-order valence-electron chi connectivity index (χ3n) is 4.07. The van der Waals surface area contributed by atoms with Crippen LogP contribution in [0.1, 0.15) is 28.0 Å². The highest BCUT2D eigenvalue weighted by Gasteiger charge is 2.39. The first kappa shape index (κ1) is 14.7. The lowest BCUT2D eigenvalue weighted by atomic mass is 10.00. The predicted molar refractivity (Wildman–Crippen MR) is 80.0 cm³/mol. The molecule has 0 aliphatic carbocycles. The van der Waals surface area contributed by atoms with Gasteiger partial charge in [-0.1, -0.05) is 12.1 Å². The lowest BCUT2D eigenvalue weighted by Crippen LogP contribution is -2.31. The zero-order chi connectivity index (χ0) is 15.6. The van der Waals surface area contributed by atoms with E-state index in [2.05, 4.69) is 25.6 Å². The molecule has 22 heavy (non-hydrogen) atoms. The fourth-order valence-corrected chi connectivity index (χ4v) is 2.81. The first-order valence-electron chi connectivity index (χ1n) is 7.23. The minimum absolute atomic E-state index is 0.0897. The van der Waals surface area contributed by atoms with E-state index in [1.54, 1.807) is 13.2 Å². The van der Waals surface area contributed by atoms with Crippen molar-refractivity contribution in [2.24, 2.45) is 0 Å². The van der Waals surface area contributed by atoms with Gasteiger partial charge in [0.15, 0.2) is 0 Å². The molecule has 2 heterocycles. The number of hydrogen-bond acceptors (Lipinski definition) is 5. The number of nitrogens with one attached hydrogen (secondary N) is 2. The lowest BCUT2D eigenvalue weighted by Gasteiger charge is -2.21. The summed E-state index contributed by atoms with van der Waals surface area (Å²) >= 11 is 0. The fourth-order valence-electron chi connectivity index (χ4n) is 2.81. The monoisotopic (exact) mass is 301 g/mol. The molecule has 0 radical (unpaired) electrons. The number of aromatic amines is 1. The number of carbonyl (C=O) groups excluding carboxylic acids is 1. The molecule has 1 amide bonds. The van der Waals surface area contributed by atoms with Crippen LogP contribution < -0.4 is 5.32 Å². The molecule has 2 aromatic rings. The largest absolute Gasteiger partial charge is 0.382 e. The molecule has 7 nitrogen and oxygen atoms in total. The van der Waals surface area contributed by atoms with E-state index in [4.69, 9.17) is 0 Å². The smallest absolute Gasteiger partial charge is 0.251 e. The maximum absolute atomic E-state index is 11.5. The van der Waals surface area contributed by atoms with E-state index in [1.165, 1.54) is 0 Å². The number of H-pyrrole nitrogens is 1. The van der Waals surface area contributed by atoms with Gasteiger partial charge in [0.05, 0.1) is 6.20 Å². The van der Waals surface area contributed by atoms with Crippen molar-refractivity contribution in [1.29, 1.82) is 0 Å². The van der Waals surface area contributed by atoms with Gasteiger partial charge >= 0.3 is 0 Å². The molecule has 0 bridgehead atoms. The van der Waals surface area contributed by atoms with Gasteiger partial charge in [0.2, 0.25) is 0 Å². The molecule has 3 N–H and O–H groups in total. The van der Waals surface area contributed by atoms with E-state index in [1.807, 2.05) is 24.3 Å². The van der Waals surface area contributed by atoms with Gasteiger partial charge in [-0.05, 0) is 24.1 Å². The molecule has 1 aliphatic heterocycles. The van der Waals surface area contributed by atoms with Crippen LogP contribution in [-0.2, 0) is 12.1 Å². The average Bonchev–Trinajstić information content (AvgIpc) is 3.18. The molecule has 3 rings (SSSR count). The quantitative estimate of drug-likeness (QED) is 0.753. The van der Waals surface area contributed by atoms with Gasteiger partial charge in [-0.15, -0.1) is 0 Å². The Balaban J connectivity index is 1.64. The zero-order valence-electron chi connectivity index (χ0n) is 12.4. The second-order valence-corrected chi connectivity index (χ2v) is 5.62. The van der Waals surface area contributed by atoms with Gasteiger partial charge in [0, 0.05) is 32.2 Å². The molecule has 1 fully saturated rings. The first-order chi connectivity index (χ1) is 10.6. The highest BCUT2D eigenvalue weighted by Crippen LogP contribution is 2.30. The molecule has 1 atom stereocenters. The van der Waals surface area contributed by atoms with Gasteiger partial charge in [-0.25, -0.2) is 0 Å². The third-order valence-corrected chi connectivity index (χ3v) is 4.07. The topological polar surface area (TPSA) is 94.1 Å². The van der Waals surface area contributed by atoms with Crippen molar-refractivity contribution in [1.82, 2.24) is 25.6 Å². The first-order valence-corrected chi connectivity index (χ1v) is 7.23. The van der Waals surface area contributed by atoms with Crippen LogP contribution in [0.5, 0.6) is 0 Å². The van der Waals surface area contributed by atoms with Gasteiger partial charge in [0.25, 0.3) is 5.91 Å². The summed E-state index contributed by atoms with van der Waals surface area (Å²) in [6, 6.07) is 7.51. The average molecular weight is 301 g/mol. The van der Waals surface area contributed by atoms with E-state index in [0.717, 1.165) is 18.7 Å².